The molecule has 1 aromatic carbocycles. The molecule has 0 saturated carbocycles. The number of carbonyl (C=O) groups excluding carboxylic acids is 1. The number of hydrogen-bond donors (Lipinski definition) is 1. The van der Waals surface area contributed by atoms with E-state index in [0.717, 1.165) is 5.56 Å². The Morgan fingerprint density at radius 2 is 2.08 bits per heavy atom. The van der Waals surface area contributed by atoms with E-state index in [1.165, 1.54) is 0 Å². The summed E-state index contributed by atoms with van der Waals surface area (Å²) in [7, 11) is -1.23. The number of anilines is 1. The zero-order chi connectivity index (χ0) is 17.9. The Morgan fingerprint density at radius 3 is 2.68 bits per heavy atom. The van der Waals surface area contributed by atoms with Gasteiger partial charge in [-0.3, -0.25) is 14.4 Å². The molecule has 1 fully saturated rings. The average molecular weight is 362 g/mol. The molecule has 1 aromatic heterocycles. The van der Waals surface area contributed by atoms with Gasteiger partial charge in [-0.05, 0) is 12.0 Å². The molecule has 0 bridgehead atoms. The Labute approximate surface area is 147 Å². The number of nitrogens with one attached hydrogen (secondary N) is 1. The molecule has 3 rings (SSSR count). The molecule has 1 amide bonds. The first-order chi connectivity index (χ1) is 11.9. The molecule has 2 aromatic rings. The maximum absolute atomic E-state index is 12.4. The van der Waals surface area contributed by atoms with Gasteiger partial charge < -0.3 is 5.32 Å². The molecule has 7 nitrogen and oxygen atoms in total. The second-order valence-corrected chi connectivity index (χ2v) is 8.60. The van der Waals surface area contributed by atoms with Gasteiger partial charge in [-0.15, -0.1) is 0 Å². The van der Waals surface area contributed by atoms with Crippen molar-refractivity contribution < 1.29 is 13.2 Å². The van der Waals surface area contributed by atoms with Crippen LogP contribution >= 0.6 is 0 Å². The van der Waals surface area contributed by atoms with Crippen LogP contribution in [0.1, 0.15) is 12.0 Å². The molecule has 8 heteroatoms. The van der Waals surface area contributed by atoms with Crippen molar-refractivity contribution in [2.24, 2.45) is 7.05 Å². The lowest BCUT2D eigenvalue weighted by atomic mass is 10.1. The number of aryl methyl sites for hydroxylation is 1. The van der Waals surface area contributed by atoms with Gasteiger partial charge >= 0.3 is 0 Å². The highest BCUT2D eigenvalue weighted by Gasteiger charge is 2.33. The number of rotatable bonds is 6. The molecule has 1 aliphatic rings. The number of benzene rings is 1. The van der Waals surface area contributed by atoms with E-state index >= 15 is 0 Å². The fraction of sp³-hybridized carbons (Fsp3) is 0.412. The Kier molecular flexibility index (Phi) is 5.19. The van der Waals surface area contributed by atoms with Crippen LogP contribution in [-0.4, -0.2) is 53.1 Å². The predicted molar refractivity (Wildman–Crippen MR) is 95.7 cm³/mol. The SMILES string of the molecule is Cn1ccc(NC(=O)CN(Cc2ccccc2)[C@@H]2CCS(=O)(=O)C2)n1. The molecule has 0 radical (unpaired) electrons. The number of hydrogen-bond acceptors (Lipinski definition) is 5. The summed E-state index contributed by atoms with van der Waals surface area (Å²) in [5.41, 5.74) is 1.05. The van der Waals surface area contributed by atoms with Crippen molar-refractivity contribution in [2.75, 3.05) is 23.4 Å². The average Bonchev–Trinajstić information content (AvgIpc) is 3.13. The first-order valence-corrected chi connectivity index (χ1v) is 10.0. The number of aromatic nitrogens is 2. The Bertz CT molecular complexity index is 833. The summed E-state index contributed by atoms with van der Waals surface area (Å²) in [4.78, 5) is 14.3. The van der Waals surface area contributed by atoms with Crippen LogP contribution in [0.25, 0.3) is 0 Å². The van der Waals surface area contributed by atoms with Gasteiger partial charge in [-0.1, -0.05) is 30.3 Å². The van der Waals surface area contributed by atoms with Crippen molar-refractivity contribution in [2.45, 2.75) is 19.0 Å². The Morgan fingerprint density at radius 1 is 1.32 bits per heavy atom. The van der Waals surface area contributed by atoms with Gasteiger partial charge in [-0.25, -0.2) is 8.42 Å². The largest absolute Gasteiger partial charge is 0.308 e. The lowest BCUT2D eigenvalue weighted by Crippen LogP contribution is -2.41. The monoisotopic (exact) mass is 362 g/mol. The molecule has 0 unspecified atom stereocenters. The lowest BCUT2D eigenvalue weighted by Gasteiger charge is -2.27. The van der Waals surface area contributed by atoms with Crippen molar-refractivity contribution in [3.05, 3.63) is 48.2 Å². The number of nitrogens with zero attached hydrogens (tertiary/aromatic N) is 3. The smallest absolute Gasteiger partial charge is 0.239 e. The van der Waals surface area contributed by atoms with E-state index in [-0.39, 0.29) is 30.0 Å². The molecular formula is C17H22N4O3S. The predicted octanol–water partition coefficient (Wildman–Crippen LogP) is 1.05. The third kappa shape index (κ3) is 4.90. The summed E-state index contributed by atoms with van der Waals surface area (Å²) in [6.45, 7) is 0.669. The number of amides is 1. The molecule has 2 heterocycles. The minimum absolute atomic E-state index is 0.108. The maximum atomic E-state index is 12.4. The fourth-order valence-electron chi connectivity index (χ4n) is 3.04. The third-order valence-electron chi connectivity index (χ3n) is 4.28. The highest BCUT2D eigenvalue weighted by atomic mass is 32.2. The molecule has 1 atom stereocenters. The summed E-state index contributed by atoms with van der Waals surface area (Å²) in [5.74, 6) is 0.590. The summed E-state index contributed by atoms with van der Waals surface area (Å²) in [5, 5.41) is 6.89. The lowest BCUT2D eigenvalue weighted by molar-refractivity contribution is -0.117. The minimum atomic E-state index is -3.01. The van der Waals surface area contributed by atoms with Crippen molar-refractivity contribution in [1.29, 1.82) is 0 Å². The third-order valence-corrected chi connectivity index (χ3v) is 6.03. The van der Waals surface area contributed by atoms with E-state index < -0.39 is 9.84 Å². The van der Waals surface area contributed by atoms with E-state index in [2.05, 4.69) is 10.4 Å². The molecule has 1 aliphatic heterocycles. The van der Waals surface area contributed by atoms with Crippen LogP contribution in [0.3, 0.4) is 0 Å². The second kappa shape index (κ2) is 7.37. The van der Waals surface area contributed by atoms with Gasteiger partial charge in [0.1, 0.15) is 0 Å². The zero-order valence-corrected chi connectivity index (χ0v) is 14.9. The van der Waals surface area contributed by atoms with Crippen molar-refractivity contribution in [1.82, 2.24) is 14.7 Å². The van der Waals surface area contributed by atoms with Crippen LogP contribution in [0.2, 0.25) is 0 Å². The maximum Gasteiger partial charge on any atom is 0.239 e. The van der Waals surface area contributed by atoms with Gasteiger partial charge in [-0.2, -0.15) is 5.10 Å². The van der Waals surface area contributed by atoms with E-state index in [1.807, 2.05) is 35.2 Å². The Balaban J connectivity index is 1.70. The Hall–Kier alpha value is -2.19. The van der Waals surface area contributed by atoms with Crippen LogP contribution < -0.4 is 5.32 Å². The molecule has 1 N–H and O–H groups in total. The molecule has 0 aliphatic carbocycles. The van der Waals surface area contributed by atoms with Crippen LogP contribution in [-0.2, 0) is 28.2 Å². The van der Waals surface area contributed by atoms with E-state index in [9.17, 15) is 13.2 Å². The van der Waals surface area contributed by atoms with Gasteiger partial charge in [0, 0.05) is 31.9 Å². The quantitative estimate of drug-likeness (QED) is 0.830. The van der Waals surface area contributed by atoms with Crippen LogP contribution in [0.15, 0.2) is 42.6 Å². The summed E-state index contributed by atoms with van der Waals surface area (Å²) < 4.78 is 25.3. The minimum Gasteiger partial charge on any atom is -0.308 e. The fourth-order valence-corrected chi connectivity index (χ4v) is 4.81. The van der Waals surface area contributed by atoms with Crippen molar-refractivity contribution in [3.63, 3.8) is 0 Å². The molecule has 134 valence electrons. The highest BCUT2D eigenvalue weighted by molar-refractivity contribution is 7.91. The summed E-state index contributed by atoms with van der Waals surface area (Å²) in [6.07, 6.45) is 2.31. The molecule has 25 heavy (non-hydrogen) atoms. The van der Waals surface area contributed by atoms with Crippen molar-refractivity contribution in [3.8, 4) is 0 Å². The number of carbonyl (C=O) groups is 1. The first-order valence-electron chi connectivity index (χ1n) is 8.19. The van der Waals surface area contributed by atoms with E-state index in [4.69, 9.17) is 0 Å². The van der Waals surface area contributed by atoms with Gasteiger partial charge in [0.05, 0.1) is 18.1 Å². The van der Waals surface area contributed by atoms with Crippen LogP contribution in [0, 0.1) is 0 Å². The summed E-state index contributed by atoms with van der Waals surface area (Å²) >= 11 is 0. The zero-order valence-electron chi connectivity index (χ0n) is 14.1. The molecule has 1 saturated heterocycles. The first kappa shape index (κ1) is 17.6. The van der Waals surface area contributed by atoms with E-state index in [1.54, 1.807) is 24.0 Å². The van der Waals surface area contributed by atoms with Crippen molar-refractivity contribution >= 4 is 21.6 Å². The van der Waals surface area contributed by atoms with Crippen LogP contribution in [0.4, 0.5) is 5.82 Å². The highest BCUT2D eigenvalue weighted by Crippen LogP contribution is 2.20. The molecular weight excluding hydrogens is 340 g/mol. The summed E-state index contributed by atoms with van der Waals surface area (Å²) in [6, 6.07) is 11.3. The molecule has 0 spiro atoms. The normalized spacial score (nSPS) is 19.2. The van der Waals surface area contributed by atoms with E-state index in [0.29, 0.717) is 18.8 Å². The second-order valence-electron chi connectivity index (χ2n) is 6.37. The van der Waals surface area contributed by atoms with Crippen LogP contribution in [0.5, 0.6) is 0 Å². The standard InChI is InChI=1S/C17H22N4O3S/c1-20-9-7-16(19-20)18-17(22)12-21(11-14-5-3-2-4-6-14)15-8-10-25(23,24)13-15/h2-7,9,15H,8,10-13H2,1H3,(H,18,19,22)/t15-/m1/s1. The van der Waals surface area contributed by atoms with Gasteiger partial charge in [0.2, 0.25) is 5.91 Å². The topological polar surface area (TPSA) is 84.3 Å². The number of sulfone groups is 1. The van der Waals surface area contributed by atoms with Gasteiger partial charge in [0.15, 0.2) is 15.7 Å². The van der Waals surface area contributed by atoms with Gasteiger partial charge in [0.25, 0.3) is 0 Å².